The van der Waals surface area contributed by atoms with Gasteiger partial charge in [0.25, 0.3) is 0 Å². The molecule has 0 aromatic rings. The molecule has 0 amide bonds. The number of aldehydes is 1. The van der Waals surface area contributed by atoms with Crippen LogP contribution in [0.3, 0.4) is 0 Å². The van der Waals surface area contributed by atoms with Gasteiger partial charge in [-0.05, 0) is 98.7 Å². The zero-order valence-corrected chi connectivity index (χ0v) is 19.2. The average Bonchev–Trinajstić information content (AvgIpc) is 3.22. The van der Waals surface area contributed by atoms with Crippen LogP contribution < -0.4 is 0 Å². The van der Waals surface area contributed by atoms with Crippen LogP contribution in [0.15, 0.2) is 11.6 Å². The van der Waals surface area contributed by atoms with Crippen LogP contribution in [0.4, 0.5) is 0 Å². The van der Waals surface area contributed by atoms with Gasteiger partial charge in [-0.15, -0.1) is 0 Å². The van der Waals surface area contributed by atoms with Crippen molar-refractivity contribution in [3.8, 4) is 0 Å². The zero-order valence-electron chi connectivity index (χ0n) is 19.2. The predicted octanol–water partition coefficient (Wildman–Crippen LogP) is 4.83. The summed E-state index contributed by atoms with van der Waals surface area (Å²) in [5.74, 6) is 4.03. The summed E-state index contributed by atoms with van der Waals surface area (Å²) in [6.07, 6.45) is 14.3. The van der Waals surface area contributed by atoms with Gasteiger partial charge < -0.3 is 9.90 Å². The maximum Gasteiger partial charge on any atom is 0.126 e. The summed E-state index contributed by atoms with van der Waals surface area (Å²) in [7, 11) is 0. The molecule has 11 atom stereocenters. The maximum atomic E-state index is 12.9. The van der Waals surface area contributed by atoms with Gasteiger partial charge in [0.2, 0.25) is 0 Å². The Hall–Kier alpha value is -0.670. The first-order valence-electron chi connectivity index (χ1n) is 13.0. The second kappa shape index (κ2) is 6.67. The Morgan fingerprint density at radius 1 is 1.10 bits per heavy atom. The number of hydrogen-bond acceptors (Lipinski definition) is 3. The minimum atomic E-state index is -0.136. The van der Waals surface area contributed by atoms with Crippen molar-refractivity contribution in [2.45, 2.75) is 96.7 Å². The van der Waals surface area contributed by atoms with Crippen molar-refractivity contribution in [2.75, 3.05) is 6.54 Å². The van der Waals surface area contributed by atoms with Crippen LogP contribution in [0.5, 0.6) is 0 Å². The monoisotopic (exact) mass is 411 g/mol. The first kappa shape index (κ1) is 20.0. The molecule has 6 aliphatic rings. The number of carbonyl (C=O) groups excluding carboxylic acids is 1. The van der Waals surface area contributed by atoms with Crippen molar-refractivity contribution in [1.82, 2.24) is 4.90 Å². The lowest BCUT2D eigenvalue weighted by Crippen LogP contribution is -2.52. The molecule has 3 nitrogen and oxygen atoms in total. The van der Waals surface area contributed by atoms with Crippen LogP contribution >= 0.6 is 0 Å². The van der Waals surface area contributed by atoms with Gasteiger partial charge in [0, 0.05) is 24.0 Å². The summed E-state index contributed by atoms with van der Waals surface area (Å²) in [6, 6.07) is 1.37. The SMILES string of the molecule is C[C@@H]1CC[C@@H]2[C@H](C)[C@H]3[C@H](C[C@H]4[C@@H]5CC=C6C[C@@H](O)CC[C@]6(C)[C@H]5CC[C@]34C=O)N2C1. The van der Waals surface area contributed by atoms with E-state index >= 15 is 0 Å². The molecule has 166 valence electrons. The minimum absolute atomic E-state index is 0.0677. The van der Waals surface area contributed by atoms with E-state index in [-0.39, 0.29) is 16.9 Å². The predicted molar refractivity (Wildman–Crippen MR) is 119 cm³/mol. The van der Waals surface area contributed by atoms with E-state index in [1.807, 2.05) is 0 Å². The van der Waals surface area contributed by atoms with E-state index in [9.17, 15) is 9.90 Å². The fourth-order valence-corrected chi connectivity index (χ4v) is 10.2. The number of aliphatic hydroxyl groups excluding tert-OH is 1. The Labute approximate surface area is 182 Å². The third-order valence-corrected chi connectivity index (χ3v) is 11.5. The number of nitrogens with zero attached hydrogens (tertiary/aromatic N) is 1. The number of fused-ring (bicyclic) bond motifs is 9. The molecular formula is C27H41NO2. The van der Waals surface area contributed by atoms with E-state index in [4.69, 9.17) is 0 Å². The molecule has 5 fully saturated rings. The largest absolute Gasteiger partial charge is 0.393 e. The van der Waals surface area contributed by atoms with Crippen LogP contribution in [0.1, 0.15) is 78.6 Å². The lowest BCUT2D eigenvalue weighted by Gasteiger charge is -2.57. The van der Waals surface area contributed by atoms with Gasteiger partial charge in [0.15, 0.2) is 0 Å². The summed E-state index contributed by atoms with van der Waals surface area (Å²) in [4.78, 5) is 15.8. The van der Waals surface area contributed by atoms with Gasteiger partial charge in [-0.1, -0.05) is 32.4 Å². The van der Waals surface area contributed by atoms with Crippen LogP contribution in [-0.4, -0.2) is 41.0 Å². The molecule has 2 heterocycles. The molecule has 0 aromatic heterocycles. The third-order valence-electron chi connectivity index (χ3n) is 11.5. The van der Waals surface area contributed by atoms with Gasteiger partial charge in [-0.3, -0.25) is 4.90 Å². The molecule has 0 radical (unpaired) electrons. The Bertz CT molecular complexity index is 762. The van der Waals surface area contributed by atoms with Gasteiger partial charge in [-0.2, -0.15) is 0 Å². The van der Waals surface area contributed by atoms with Crippen LogP contribution in [0, 0.1) is 46.3 Å². The molecule has 2 saturated heterocycles. The Morgan fingerprint density at radius 3 is 2.73 bits per heavy atom. The normalized spacial score (nSPS) is 57.5. The summed E-state index contributed by atoms with van der Waals surface area (Å²) in [6.45, 7) is 8.66. The highest BCUT2D eigenvalue weighted by Crippen LogP contribution is 2.69. The Kier molecular flexibility index (Phi) is 4.44. The van der Waals surface area contributed by atoms with Crippen molar-refractivity contribution in [2.24, 2.45) is 46.3 Å². The van der Waals surface area contributed by atoms with E-state index in [1.165, 1.54) is 44.1 Å². The fraction of sp³-hybridized carbons (Fsp3) is 0.889. The van der Waals surface area contributed by atoms with Crippen LogP contribution in [0.25, 0.3) is 0 Å². The Morgan fingerprint density at radius 2 is 1.93 bits per heavy atom. The van der Waals surface area contributed by atoms with E-state index in [2.05, 4.69) is 31.7 Å². The number of piperidine rings is 1. The number of allylic oxidation sites excluding steroid dienone is 1. The van der Waals surface area contributed by atoms with E-state index in [1.54, 1.807) is 0 Å². The van der Waals surface area contributed by atoms with Gasteiger partial charge >= 0.3 is 0 Å². The van der Waals surface area contributed by atoms with Crippen LogP contribution in [-0.2, 0) is 4.79 Å². The molecule has 3 heteroatoms. The number of rotatable bonds is 1. The highest BCUT2D eigenvalue weighted by Gasteiger charge is 2.68. The highest BCUT2D eigenvalue weighted by atomic mass is 16.3. The molecule has 2 aliphatic heterocycles. The molecule has 6 rings (SSSR count). The van der Waals surface area contributed by atoms with Crippen LogP contribution in [0.2, 0.25) is 0 Å². The third kappa shape index (κ3) is 2.43. The zero-order chi connectivity index (χ0) is 20.8. The lowest BCUT2D eigenvalue weighted by molar-refractivity contribution is -0.131. The summed E-state index contributed by atoms with van der Waals surface area (Å²) in [5, 5.41) is 10.3. The maximum absolute atomic E-state index is 12.9. The Balaban J connectivity index is 1.36. The topological polar surface area (TPSA) is 40.5 Å². The highest BCUT2D eigenvalue weighted by molar-refractivity contribution is 5.63. The number of carbonyl (C=O) groups is 1. The van der Waals surface area contributed by atoms with E-state index < -0.39 is 0 Å². The molecule has 0 bridgehead atoms. The van der Waals surface area contributed by atoms with Gasteiger partial charge in [0.05, 0.1) is 6.10 Å². The van der Waals surface area contributed by atoms with Crippen molar-refractivity contribution in [3.63, 3.8) is 0 Å². The van der Waals surface area contributed by atoms with Crippen molar-refractivity contribution >= 4 is 6.29 Å². The minimum Gasteiger partial charge on any atom is -0.393 e. The molecule has 0 spiro atoms. The standard InChI is InChI=1S/C27H41NO2/c1-16-4-7-23-17(2)25-24(28(23)14-16)13-22-20-6-5-18-12-19(30)8-10-26(18,3)21(20)9-11-27(22,25)15-29/h5,15-17,19-25,30H,4,6-14H2,1-3H3/t16-,17+,19+,20-,21+,22+,23-,24+,25+,26+,27-/m1/s1. The molecule has 30 heavy (non-hydrogen) atoms. The van der Waals surface area contributed by atoms with E-state index in [0.717, 1.165) is 44.1 Å². The number of hydrogen-bond donors (Lipinski definition) is 1. The molecule has 0 unspecified atom stereocenters. The summed E-state index contributed by atoms with van der Waals surface area (Å²) in [5.41, 5.74) is 1.74. The first-order valence-corrected chi connectivity index (χ1v) is 13.0. The molecule has 4 aliphatic carbocycles. The fourth-order valence-electron chi connectivity index (χ4n) is 10.2. The molecule has 0 aromatic carbocycles. The molecule has 1 N–H and O–H groups in total. The van der Waals surface area contributed by atoms with Gasteiger partial charge in [-0.25, -0.2) is 0 Å². The van der Waals surface area contributed by atoms with Crippen molar-refractivity contribution in [3.05, 3.63) is 11.6 Å². The second-order valence-electron chi connectivity index (χ2n) is 12.6. The lowest BCUT2D eigenvalue weighted by atomic mass is 9.46. The van der Waals surface area contributed by atoms with Crippen molar-refractivity contribution < 1.29 is 9.90 Å². The average molecular weight is 412 g/mol. The smallest absolute Gasteiger partial charge is 0.126 e. The van der Waals surface area contributed by atoms with Crippen molar-refractivity contribution in [1.29, 1.82) is 0 Å². The summed E-state index contributed by atoms with van der Waals surface area (Å²) < 4.78 is 0. The van der Waals surface area contributed by atoms with Gasteiger partial charge in [0.1, 0.15) is 6.29 Å². The second-order valence-corrected chi connectivity index (χ2v) is 12.6. The number of aliphatic hydroxyl groups is 1. The van der Waals surface area contributed by atoms with E-state index in [0.29, 0.717) is 35.6 Å². The quantitative estimate of drug-likeness (QED) is 0.496. The molecular weight excluding hydrogens is 370 g/mol. The first-order chi connectivity index (χ1) is 14.4. The molecule has 3 saturated carbocycles. The summed E-state index contributed by atoms with van der Waals surface area (Å²) >= 11 is 0.